The highest BCUT2D eigenvalue weighted by atomic mass is 35.5. The monoisotopic (exact) mass is 830 g/mol. The van der Waals surface area contributed by atoms with E-state index in [2.05, 4.69) is 50.4 Å². The summed E-state index contributed by atoms with van der Waals surface area (Å²) >= 11 is 11.9. The second-order valence-electron chi connectivity index (χ2n) is 14.7. The number of nitrogens with zero attached hydrogens (tertiary/aromatic N) is 5. The zero-order valence-electron chi connectivity index (χ0n) is 31.5. The van der Waals surface area contributed by atoms with E-state index in [0.29, 0.717) is 5.82 Å². The van der Waals surface area contributed by atoms with Gasteiger partial charge < -0.3 is 5.73 Å². The van der Waals surface area contributed by atoms with Crippen LogP contribution >= 0.6 is 23.2 Å². The number of sulfonamides is 2. The first-order chi connectivity index (χ1) is 25.4. The topological polar surface area (TPSA) is 230 Å². The molecule has 2 aromatic carbocycles. The summed E-state index contributed by atoms with van der Waals surface area (Å²) in [6, 6.07) is 16.0. The van der Waals surface area contributed by atoms with Gasteiger partial charge in [-0.05, 0) is 72.2 Å². The van der Waals surface area contributed by atoms with Gasteiger partial charge in [0.25, 0.3) is 26.0 Å². The number of nitrogens with one attached hydrogen (secondary N) is 3. The zero-order valence-corrected chi connectivity index (χ0v) is 34.7. The number of halogens is 2. The number of rotatable bonds is 9. The van der Waals surface area contributed by atoms with Crippen LogP contribution in [0.25, 0.3) is 11.5 Å². The molecule has 19 heteroatoms. The van der Waals surface area contributed by atoms with E-state index in [-0.39, 0.29) is 65.4 Å². The molecule has 0 bridgehead atoms. The van der Waals surface area contributed by atoms with Crippen molar-refractivity contribution in [1.82, 2.24) is 30.2 Å². The first-order valence-corrected chi connectivity index (χ1v) is 20.5. The average molecular weight is 832 g/mol. The number of benzene rings is 2. The van der Waals surface area contributed by atoms with Gasteiger partial charge in [0.2, 0.25) is 5.95 Å². The Bertz CT molecular complexity index is 2390. The maximum atomic E-state index is 13.0. The fourth-order valence-electron chi connectivity index (χ4n) is 5.11. The third kappa shape index (κ3) is 10.5. The Morgan fingerprint density at radius 2 is 1.16 bits per heavy atom. The van der Waals surface area contributed by atoms with Crippen LogP contribution in [0.15, 0.2) is 82.8 Å². The van der Waals surface area contributed by atoms with Gasteiger partial charge in [0.1, 0.15) is 5.69 Å². The summed E-state index contributed by atoms with van der Waals surface area (Å²) in [4.78, 5) is 20.0. The number of pyridine rings is 2. The molecule has 55 heavy (non-hydrogen) atoms. The van der Waals surface area contributed by atoms with E-state index < -0.39 is 26.0 Å². The molecule has 0 unspecified atom stereocenters. The lowest BCUT2D eigenvalue weighted by Gasteiger charge is -2.19. The van der Waals surface area contributed by atoms with E-state index in [4.69, 9.17) is 34.8 Å². The van der Waals surface area contributed by atoms with Crippen LogP contribution < -0.4 is 26.4 Å². The van der Waals surface area contributed by atoms with Gasteiger partial charge in [-0.2, -0.15) is 0 Å². The minimum atomic E-state index is -3.93. The number of nitrogen functional groups attached to an aromatic ring is 2. The lowest BCUT2D eigenvalue weighted by molar-refractivity contribution is 0.0949. The van der Waals surface area contributed by atoms with E-state index in [9.17, 15) is 21.6 Å². The summed E-state index contributed by atoms with van der Waals surface area (Å²) in [5.41, 5.74) is 9.92. The SMILES string of the molecule is CC(C)(C)c1ccc(S(=O)(=O)Nc2cc(Cl)cnc2C(=O)NN)cc1.CC(C)n1c(N)nnc1-c1ncc(Cl)cc1NS(=O)(=O)c1ccc(C(C)(C)C)cc1. The van der Waals surface area contributed by atoms with Crippen LogP contribution in [0, 0.1) is 0 Å². The summed E-state index contributed by atoms with van der Waals surface area (Å²) < 4.78 is 57.8. The van der Waals surface area contributed by atoms with Gasteiger partial charge in [-0.25, -0.2) is 32.6 Å². The number of hydrazine groups is 1. The Labute approximate surface area is 331 Å². The molecular formula is C36H44Cl2N10O5S2. The van der Waals surface area contributed by atoms with Crippen molar-refractivity contribution in [3.63, 3.8) is 0 Å². The number of aromatic nitrogens is 5. The number of carbonyl (C=O) groups is 1. The zero-order chi connectivity index (χ0) is 41.1. The Morgan fingerprint density at radius 3 is 1.60 bits per heavy atom. The minimum absolute atomic E-state index is 0.0538. The Kier molecular flexibility index (Phi) is 12.9. The van der Waals surface area contributed by atoms with Crippen molar-refractivity contribution in [2.75, 3.05) is 15.2 Å². The number of nitrogens with two attached hydrogens (primary N) is 2. The molecule has 0 radical (unpaired) electrons. The second kappa shape index (κ2) is 16.5. The van der Waals surface area contributed by atoms with Crippen molar-refractivity contribution in [3.8, 4) is 11.5 Å². The first-order valence-electron chi connectivity index (χ1n) is 16.7. The summed E-state index contributed by atoms with van der Waals surface area (Å²) in [5.74, 6) is 4.91. The molecule has 5 aromatic rings. The second-order valence-corrected chi connectivity index (χ2v) is 18.9. The molecule has 0 aliphatic carbocycles. The molecule has 0 atom stereocenters. The number of carbonyl (C=O) groups excluding carboxylic acids is 1. The van der Waals surface area contributed by atoms with Crippen LogP contribution in [0.3, 0.4) is 0 Å². The largest absolute Gasteiger partial charge is 0.368 e. The van der Waals surface area contributed by atoms with Gasteiger partial charge in [-0.1, -0.05) is 89.0 Å². The van der Waals surface area contributed by atoms with Gasteiger partial charge in [-0.15, -0.1) is 10.2 Å². The molecule has 3 heterocycles. The van der Waals surface area contributed by atoms with Gasteiger partial charge in [-0.3, -0.25) is 24.2 Å². The minimum Gasteiger partial charge on any atom is -0.368 e. The third-order valence-electron chi connectivity index (χ3n) is 8.06. The lowest BCUT2D eigenvalue weighted by Crippen LogP contribution is -2.31. The molecule has 5 rings (SSSR count). The number of hydrogen-bond acceptors (Lipinski definition) is 11. The van der Waals surface area contributed by atoms with Gasteiger partial charge >= 0.3 is 0 Å². The maximum absolute atomic E-state index is 13.0. The quantitative estimate of drug-likeness (QED) is 0.0597. The smallest absolute Gasteiger partial charge is 0.285 e. The first kappa shape index (κ1) is 42.9. The van der Waals surface area contributed by atoms with E-state index in [1.165, 1.54) is 36.7 Å². The summed E-state index contributed by atoms with van der Waals surface area (Å²) in [7, 11) is -7.81. The number of amides is 1. The van der Waals surface area contributed by atoms with Crippen LogP contribution in [-0.4, -0.2) is 47.5 Å². The van der Waals surface area contributed by atoms with Gasteiger partial charge in [0.15, 0.2) is 11.5 Å². The normalized spacial score (nSPS) is 12.1. The maximum Gasteiger partial charge on any atom is 0.285 e. The molecule has 0 spiro atoms. The summed E-state index contributed by atoms with van der Waals surface area (Å²) in [5, 5.41) is 8.45. The highest BCUT2D eigenvalue weighted by Gasteiger charge is 2.24. The van der Waals surface area contributed by atoms with Crippen molar-refractivity contribution in [1.29, 1.82) is 0 Å². The average Bonchev–Trinajstić information content (AvgIpc) is 3.48. The Hall–Kier alpha value is -4.81. The van der Waals surface area contributed by atoms with E-state index in [1.54, 1.807) is 28.8 Å². The molecule has 3 aromatic heterocycles. The van der Waals surface area contributed by atoms with Crippen LogP contribution in [0.5, 0.6) is 0 Å². The molecule has 294 valence electrons. The van der Waals surface area contributed by atoms with E-state index in [1.807, 2.05) is 52.2 Å². The van der Waals surface area contributed by atoms with E-state index in [0.717, 1.165) is 11.1 Å². The van der Waals surface area contributed by atoms with Crippen molar-refractivity contribution in [3.05, 3.63) is 99.9 Å². The third-order valence-corrected chi connectivity index (χ3v) is 11.2. The molecule has 0 saturated carbocycles. The Balaban J connectivity index is 0.000000249. The van der Waals surface area contributed by atoms with Crippen LogP contribution in [0.4, 0.5) is 17.3 Å². The fraction of sp³-hybridized carbons (Fsp3) is 0.306. The van der Waals surface area contributed by atoms with Crippen LogP contribution in [0.1, 0.15) is 83.0 Å². The van der Waals surface area contributed by atoms with Crippen molar-refractivity contribution in [2.24, 2.45) is 5.84 Å². The highest BCUT2D eigenvalue weighted by Crippen LogP contribution is 2.32. The van der Waals surface area contributed by atoms with E-state index >= 15 is 0 Å². The molecule has 15 nitrogen and oxygen atoms in total. The molecule has 1 amide bonds. The summed E-state index contributed by atoms with van der Waals surface area (Å²) in [6.07, 6.45) is 2.64. The standard InChI is InChI=1S/C20H25ClN6O2S.C16H19ClN4O3S/c1-12(2)27-18(24-25-19(27)22)17-16(10-14(21)11-23-17)26-30(28,29)15-8-6-13(7-9-15)20(3,4)5;1-16(2,3)10-4-6-12(7-5-10)25(23,24)21-13-8-11(17)9-19-14(13)15(22)20-18/h6-12,26H,1-5H3,(H2,22,25);4-9,21H,18H2,1-3H3,(H,20,22). The highest BCUT2D eigenvalue weighted by molar-refractivity contribution is 7.93. The fourth-order valence-corrected chi connectivity index (χ4v) is 7.54. The number of anilines is 3. The van der Waals surface area contributed by atoms with Crippen molar-refractivity contribution >= 4 is 66.5 Å². The molecule has 0 saturated heterocycles. The molecule has 0 aliphatic heterocycles. The molecular weight excluding hydrogens is 788 g/mol. The molecule has 7 N–H and O–H groups in total. The van der Waals surface area contributed by atoms with Crippen LogP contribution in [0.2, 0.25) is 10.0 Å². The van der Waals surface area contributed by atoms with Gasteiger partial charge in [0, 0.05) is 18.4 Å². The van der Waals surface area contributed by atoms with Crippen LogP contribution in [-0.2, 0) is 30.9 Å². The molecule has 0 fully saturated rings. The summed E-state index contributed by atoms with van der Waals surface area (Å²) in [6.45, 7) is 16.1. The van der Waals surface area contributed by atoms with Gasteiger partial charge in [0.05, 0.1) is 31.2 Å². The lowest BCUT2D eigenvalue weighted by atomic mass is 9.87. The predicted octanol–water partition coefficient (Wildman–Crippen LogP) is 6.69. The molecule has 0 aliphatic rings. The van der Waals surface area contributed by atoms with Crippen molar-refractivity contribution in [2.45, 2.75) is 82.1 Å². The number of hydrogen-bond donors (Lipinski definition) is 5. The predicted molar refractivity (Wildman–Crippen MR) is 216 cm³/mol. The van der Waals surface area contributed by atoms with Crippen molar-refractivity contribution < 1.29 is 21.6 Å². The Morgan fingerprint density at radius 1 is 0.727 bits per heavy atom.